The van der Waals surface area contributed by atoms with Gasteiger partial charge in [-0.25, -0.2) is 4.98 Å². The molecule has 96 valence electrons. The van der Waals surface area contributed by atoms with Crippen molar-refractivity contribution in [1.82, 2.24) is 15.3 Å². The lowest BCUT2D eigenvalue weighted by atomic mass is 10.2. The number of hydrogen-bond acceptors (Lipinski definition) is 5. The summed E-state index contributed by atoms with van der Waals surface area (Å²) in [7, 11) is 0. The number of halogens is 1. The quantitative estimate of drug-likeness (QED) is 0.832. The maximum absolute atomic E-state index is 5.67. The molecule has 1 saturated heterocycles. The Hall–Kier alpha value is -0.360. The van der Waals surface area contributed by atoms with E-state index >= 15 is 0 Å². The Balaban J connectivity index is 0.00000144. The Labute approximate surface area is 112 Å². The van der Waals surface area contributed by atoms with Crippen molar-refractivity contribution >= 4 is 24.2 Å². The van der Waals surface area contributed by atoms with Gasteiger partial charge in [0.05, 0.1) is 18.9 Å². The summed E-state index contributed by atoms with van der Waals surface area (Å²) in [6.07, 6.45) is 7.91. The lowest BCUT2D eigenvalue weighted by Gasteiger charge is -2.11. The Kier molecular flexibility index (Phi) is 6.80. The fourth-order valence-corrected chi connectivity index (χ4v) is 2.33. The first-order valence-corrected chi connectivity index (χ1v) is 6.77. The topological polar surface area (TPSA) is 47.0 Å². The van der Waals surface area contributed by atoms with Crippen LogP contribution in [0, 0.1) is 0 Å². The van der Waals surface area contributed by atoms with E-state index in [1.165, 1.54) is 12.8 Å². The number of nitrogens with zero attached hydrogens (tertiary/aromatic N) is 2. The van der Waals surface area contributed by atoms with E-state index in [0.717, 1.165) is 23.9 Å². The molecule has 1 atom stereocenters. The Morgan fingerprint density at radius 3 is 3.00 bits per heavy atom. The van der Waals surface area contributed by atoms with Gasteiger partial charge in [0.2, 0.25) is 0 Å². The zero-order chi connectivity index (χ0) is 11.2. The van der Waals surface area contributed by atoms with Crippen LogP contribution in [0.25, 0.3) is 0 Å². The molecule has 1 fully saturated rings. The van der Waals surface area contributed by atoms with E-state index in [-0.39, 0.29) is 12.4 Å². The van der Waals surface area contributed by atoms with Gasteiger partial charge in [0.15, 0.2) is 0 Å². The number of thioether (sulfide) groups is 1. The zero-order valence-electron chi connectivity index (χ0n) is 9.89. The van der Waals surface area contributed by atoms with Gasteiger partial charge in [-0.3, -0.25) is 4.98 Å². The van der Waals surface area contributed by atoms with Gasteiger partial charge < -0.3 is 10.1 Å². The first-order chi connectivity index (χ1) is 7.90. The summed E-state index contributed by atoms with van der Waals surface area (Å²) in [5.41, 5.74) is 0.938. The van der Waals surface area contributed by atoms with Gasteiger partial charge >= 0.3 is 0 Å². The van der Waals surface area contributed by atoms with Crippen molar-refractivity contribution in [3.8, 4) is 0 Å². The van der Waals surface area contributed by atoms with E-state index < -0.39 is 0 Å². The van der Waals surface area contributed by atoms with Crippen molar-refractivity contribution in [2.45, 2.75) is 30.5 Å². The van der Waals surface area contributed by atoms with Crippen LogP contribution in [-0.2, 0) is 11.3 Å². The van der Waals surface area contributed by atoms with Crippen molar-refractivity contribution in [2.24, 2.45) is 0 Å². The molecule has 1 aromatic heterocycles. The van der Waals surface area contributed by atoms with E-state index in [0.29, 0.717) is 12.6 Å². The van der Waals surface area contributed by atoms with Crippen LogP contribution in [0.4, 0.5) is 0 Å². The molecule has 2 heterocycles. The van der Waals surface area contributed by atoms with Gasteiger partial charge in [-0.1, -0.05) is 0 Å². The maximum Gasteiger partial charge on any atom is 0.120 e. The molecular weight excluding hydrogens is 258 g/mol. The molecule has 0 aliphatic carbocycles. The predicted octanol–water partition coefficient (Wildman–Crippen LogP) is 1.89. The average Bonchev–Trinajstić information content (AvgIpc) is 2.83. The number of aromatic nitrogens is 2. The SMILES string of the molecule is CSc1nccnc1COCC1CCCN1.Cl. The van der Waals surface area contributed by atoms with E-state index in [2.05, 4.69) is 15.3 Å². The first kappa shape index (κ1) is 14.7. The van der Waals surface area contributed by atoms with Gasteiger partial charge in [-0.15, -0.1) is 24.2 Å². The highest BCUT2D eigenvalue weighted by Gasteiger charge is 2.14. The number of hydrogen-bond donors (Lipinski definition) is 1. The molecule has 0 spiro atoms. The number of nitrogens with one attached hydrogen (secondary N) is 1. The van der Waals surface area contributed by atoms with Gasteiger partial charge in [0, 0.05) is 18.4 Å². The van der Waals surface area contributed by atoms with Crippen LogP contribution in [0.1, 0.15) is 18.5 Å². The second-order valence-corrected chi connectivity index (χ2v) is 4.62. The summed E-state index contributed by atoms with van der Waals surface area (Å²) < 4.78 is 5.67. The third kappa shape index (κ3) is 4.43. The fraction of sp³-hybridized carbons (Fsp3) is 0.636. The highest BCUT2D eigenvalue weighted by atomic mass is 35.5. The fourth-order valence-electron chi connectivity index (χ4n) is 1.82. The molecule has 1 aliphatic heterocycles. The summed E-state index contributed by atoms with van der Waals surface area (Å²) in [5, 5.41) is 4.37. The Morgan fingerprint density at radius 2 is 2.29 bits per heavy atom. The molecule has 0 amide bonds. The molecule has 0 radical (unpaired) electrons. The third-order valence-electron chi connectivity index (χ3n) is 2.65. The largest absolute Gasteiger partial charge is 0.373 e. The Bertz CT molecular complexity index is 334. The number of ether oxygens (including phenoxy) is 1. The van der Waals surface area contributed by atoms with Crippen LogP contribution in [0.5, 0.6) is 0 Å². The van der Waals surface area contributed by atoms with E-state index in [1.807, 2.05) is 6.26 Å². The molecule has 6 heteroatoms. The van der Waals surface area contributed by atoms with E-state index in [1.54, 1.807) is 24.2 Å². The van der Waals surface area contributed by atoms with Crippen molar-refractivity contribution < 1.29 is 4.74 Å². The van der Waals surface area contributed by atoms with Crippen molar-refractivity contribution in [1.29, 1.82) is 0 Å². The summed E-state index contributed by atoms with van der Waals surface area (Å²) in [4.78, 5) is 8.54. The molecule has 1 aromatic rings. The molecule has 4 nitrogen and oxygen atoms in total. The van der Waals surface area contributed by atoms with Gasteiger partial charge in [0.25, 0.3) is 0 Å². The molecule has 1 unspecified atom stereocenters. The van der Waals surface area contributed by atoms with Crippen molar-refractivity contribution in [3.05, 3.63) is 18.1 Å². The monoisotopic (exact) mass is 275 g/mol. The second-order valence-electron chi connectivity index (χ2n) is 3.82. The highest BCUT2D eigenvalue weighted by molar-refractivity contribution is 7.98. The van der Waals surface area contributed by atoms with Crippen molar-refractivity contribution in [2.75, 3.05) is 19.4 Å². The lowest BCUT2D eigenvalue weighted by Crippen LogP contribution is -2.26. The minimum absolute atomic E-state index is 0. The van der Waals surface area contributed by atoms with Crippen molar-refractivity contribution in [3.63, 3.8) is 0 Å². The van der Waals surface area contributed by atoms with Gasteiger partial charge in [-0.05, 0) is 25.6 Å². The van der Waals surface area contributed by atoms with Gasteiger partial charge in [-0.2, -0.15) is 0 Å². The van der Waals surface area contributed by atoms with E-state index in [4.69, 9.17) is 4.74 Å². The van der Waals surface area contributed by atoms with E-state index in [9.17, 15) is 0 Å². The third-order valence-corrected chi connectivity index (χ3v) is 3.38. The minimum atomic E-state index is 0. The molecule has 0 aromatic carbocycles. The molecule has 0 bridgehead atoms. The normalized spacial score (nSPS) is 19.0. The summed E-state index contributed by atoms with van der Waals surface area (Å²) in [6, 6.07) is 0.523. The van der Waals surface area contributed by atoms with Crippen LogP contribution in [0.15, 0.2) is 17.4 Å². The van der Waals surface area contributed by atoms with Crippen LogP contribution < -0.4 is 5.32 Å². The summed E-state index contributed by atoms with van der Waals surface area (Å²) >= 11 is 1.61. The molecule has 1 N–H and O–H groups in total. The molecule has 17 heavy (non-hydrogen) atoms. The number of rotatable bonds is 5. The van der Waals surface area contributed by atoms with Gasteiger partial charge in [0.1, 0.15) is 5.03 Å². The molecule has 1 aliphatic rings. The predicted molar refractivity (Wildman–Crippen MR) is 71.7 cm³/mol. The lowest BCUT2D eigenvalue weighted by molar-refractivity contribution is 0.0990. The average molecular weight is 276 g/mol. The van der Waals surface area contributed by atoms with Crippen LogP contribution >= 0.6 is 24.2 Å². The molecular formula is C11H18ClN3OS. The maximum atomic E-state index is 5.67. The summed E-state index contributed by atoms with van der Waals surface area (Å²) in [5.74, 6) is 0. The molecule has 2 rings (SSSR count). The van der Waals surface area contributed by atoms with Crippen LogP contribution in [-0.4, -0.2) is 35.4 Å². The summed E-state index contributed by atoms with van der Waals surface area (Å²) in [6.45, 7) is 2.45. The smallest absolute Gasteiger partial charge is 0.120 e. The first-order valence-electron chi connectivity index (χ1n) is 5.55. The zero-order valence-corrected chi connectivity index (χ0v) is 11.5. The highest BCUT2D eigenvalue weighted by Crippen LogP contribution is 2.15. The van der Waals surface area contributed by atoms with Crippen LogP contribution in [0.2, 0.25) is 0 Å². The minimum Gasteiger partial charge on any atom is -0.373 e. The Morgan fingerprint density at radius 1 is 1.47 bits per heavy atom. The molecule has 0 saturated carbocycles. The second kappa shape index (κ2) is 7.87. The standard InChI is InChI=1S/C11H17N3OS.ClH/c1-16-11-10(13-5-6-14-11)8-15-7-9-3-2-4-12-9;/h5-6,9,12H,2-4,7-8H2,1H3;1H. The van der Waals surface area contributed by atoms with Crippen LogP contribution in [0.3, 0.4) is 0 Å².